The van der Waals surface area contributed by atoms with E-state index in [1.807, 2.05) is 24.3 Å². The van der Waals surface area contributed by atoms with Crippen molar-refractivity contribution in [1.29, 1.82) is 0 Å². The van der Waals surface area contributed by atoms with E-state index in [1.165, 1.54) is 11.4 Å². The Kier molecular flexibility index (Phi) is 5.32. The number of anilines is 1. The second kappa shape index (κ2) is 7.67. The van der Waals surface area contributed by atoms with Gasteiger partial charge in [0.25, 0.3) is 10.0 Å². The number of fused-ring (bicyclic) bond motifs is 1. The van der Waals surface area contributed by atoms with E-state index in [0.29, 0.717) is 11.4 Å². The van der Waals surface area contributed by atoms with Gasteiger partial charge >= 0.3 is 5.97 Å². The summed E-state index contributed by atoms with van der Waals surface area (Å²) in [5, 5.41) is 10.4. The van der Waals surface area contributed by atoms with Crippen molar-refractivity contribution in [2.24, 2.45) is 0 Å². The molecule has 0 atom stereocenters. The zero-order valence-electron chi connectivity index (χ0n) is 14.7. The predicted molar refractivity (Wildman–Crippen MR) is 104 cm³/mol. The highest BCUT2D eigenvalue weighted by Gasteiger charge is 2.21. The summed E-state index contributed by atoms with van der Waals surface area (Å²) in [6.45, 7) is 0.0555. The summed E-state index contributed by atoms with van der Waals surface area (Å²) in [5.74, 6) is -0.454. The van der Waals surface area contributed by atoms with Crippen molar-refractivity contribution >= 4 is 32.5 Å². The van der Waals surface area contributed by atoms with Crippen molar-refractivity contribution in [3.8, 4) is 5.75 Å². The van der Waals surface area contributed by atoms with Gasteiger partial charge in [-0.15, -0.1) is 0 Å². The average molecular weight is 385 g/mol. The van der Waals surface area contributed by atoms with Gasteiger partial charge in [0.05, 0.1) is 23.6 Å². The van der Waals surface area contributed by atoms with Crippen molar-refractivity contribution in [1.82, 2.24) is 0 Å². The molecule has 0 unspecified atom stereocenters. The second-order valence-electron chi connectivity index (χ2n) is 5.97. The lowest BCUT2D eigenvalue weighted by Gasteiger charge is -2.20. The summed E-state index contributed by atoms with van der Waals surface area (Å²) in [6, 6.07) is 19.1. The highest BCUT2D eigenvalue weighted by atomic mass is 32.2. The molecule has 0 spiro atoms. The van der Waals surface area contributed by atoms with Gasteiger partial charge in [-0.3, -0.25) is 9.10 Å². The van der Waals surface area contributed by atoms with Gasteiger partial charge in [-0.05, 0) is 47.2 Å². The molecule has 1 N–H and O–H groups in total. The molecule has 6 nitrogen and oxygen atoms in total. The number of aliphatic carboxylic acids is 1. The Morgan fingerprint density at radius 3 is 2.33 bits per heavy atom. The Morgan fingerprint density at radius 2 is 1.67 bits per heavy atom. The number of rotatable bonds is 7. The van der Waals surface area contributed by atoms with Gasteiger partial charge in [-0.25, -0.2) is 8.42 Å². The minimum absolute atomic E-state index is 0.0555. The molecule has 0 aliphatic carbocycles. The Morgan fingerprint density at radius 1 is 1.00 bits per heavy atom. The van der Waals surface area contributed by atoms with Crippen molar-refractivity contribution in [3.63, 3.8) is 0 Å². The van der Waals surface area contributed by atoms with Crippen LogP contribution in [0, 0.1) is 0 Å². The van der Waals surface area contributed by atoms with E-state index in [2.05, 4.69) is 0 Å². The monoisotopic (exact) mass is 385 g/mol. The Bertz CT molecular complexity index is 1060. The summed E-state index contributed by atoms with van der Waals surface area (Å²) in [6.07, 6.45) is -0.0992. The molecule has 0 aromatic heterocycles. The molecule has 7 heteroatoms. The first kappa shape index (κ1) is 18.7. The molecule has 0 heterocycles. The number of sulfonamides is 1. The van der Waals surface area contributed by atoms with E-state index in [-0.39, 0.29) is 17.9 Å². The molecule has 3 aromatic rings. The molecule has 3 rings (SSSR count). The zero-order valence-corrected chi connectivity index (χ0v) is 15.5. The van der Waals surface area contributed by atoms with Crippen LogP contribution < -0.4 is 9.04 Å². The number of carboxylic acid groups (broad SMARTS) is 1. The minimum atomic E-state index is -3.71. The largest absolute Gasteiger partial charge is 0.493 e. The average Bonchev–Trinajstić information content (AvgIpc) is 2.67. The first-order valence-electron chi connectivity index (χ1n) is 8.30. The number of benzene rings is 3. The summed E-state index contributed by atoms with van der Waals surface area (Å²) in [7, 11) is -2.22. The number of ether oxygens (including phenoxy) is 1. The van der Waals surface area contributed by atoms with Gasteiger partial charge in [0.1, 0.15) is 5.75 Å². The van der Waals surface area contributed by atoms with Crippen LogP contribution in [0.2, 0.25) is 0 Å². The maximum absolute atomic E-state index is 12.9. The number of hydrogen-bond donors (Lipinski definition) is 1. The molecule has 140 valence electrons. The molecule has 27 heavy (non-hydrogen) atoms. The summed E-state index contributed by atoms with van der Waals surface area (Å²) >= 11 is 0. The smallest absolute Gasteiger partial charge is 0.306 e. The van der Waals surface area contributed by atoms with Gasteiger partial charge in [-0.2, -0.15) is 0 Å². The van der Waals surface area contributed by atoms with Crippen molar-refractivity contribution in [2.45, 2.75) is 11.3 Å². The topological polar surface area (TPSA) is 83.9 Å². The molecule has 0 radical (unpaired) electrons. The summed E-state index contributed by atoms with van der Waals surface area (Å²) in [4.78, 5) is 10.7. The molecular formula is C20H19NO5S. The summed E-state index contributed by atoms with van der Waals surface area (Å²) in [5.41, 5.74) is 0.480. The van der Waals surface area contributed by atoms with Crippen molar-refractivity contribution in [2.75, 3.05) is 18.0 Å². The molecule has 3 aromatic carbocycles. The fraction of sp³-hybridized carbons (Fsp3) is 0.150. The van der Waals surface area contributed by atoms with Crippen LogP contribution >= 0.6 is 0 Å². The van der Waals surface area contributed by atoms with E-state index in [1.54, 1.807) is 42.5 Å². The molecule has 0 saturated heterocycles. The molecular weight excluding hydrogens is 366 g/mol. The standard InChI is InChI=1S/C20H19NO5S/c1-21(17-7-9-18(10-8-17)26-13-12-20(22)23)27(24,25)19-11-6-15-4-2-3-5-16(15)14-19/h2-11,14H,12-13H2,1H3,(H,22,23). The van der Waals surface area contributed by atoms with Gasteiger partial charge < -0.3 is 9.84 Å². The van der Waals surface area contributed by atoms with Crippen LogP contribution in [0.25, 0.3) is 10.8 Å². The zero-order chi connectivity index (χ0) is 19.4. The Hall–Kier alpha value is -3.06. The normalized spacial score (nSPS) is 11.3. The van der Waals surface area contributed by atoms with Crippen molar-refractivity contribution < 1.29 is 23.1 Å². The van der Waals surface area contributed by atoms with Crippen LogP contribution in [0.15, 0.2) is 71.6 Å². The molecule has 0 bridgehead atoms. The van der Waals surface area contributed by atoms with E-state index in [9.17, 15) is 13.2 Å². The lowest BCUT2D eigenvalue weighted by Crippen LogP contribution is -2.26. The van der Waals surface area contributed by atoms with Crippen LogP contribution in [0.3, 0.4) is 0 Å². The lowest BCUT2D eigenvalue weighted by molar-refractivity contribution is -0.137. The first-order chi connectivity index (χ1) is 12.9. The number of carboxylic acids is 1. The third-order valence-electron chi connectivity index (χ3n) is 4.16. The number of hydrogen-bond acceptors (Lipinski definition) is 4. The predicted octanol–water partition coefficient (Wildman–Crippen LogP) is 3.52. The van der Waals surface area contributed by atoms with Crippen LogP contribution in [0.5, 0.6) is 5.75 Å². The summed E-state index contributed by atoms with van der Waals surface area (Å²) < 4.78 is 32.4. The van der Waals surface area contributed by atoms with E-state index < -0.39 is 16.0 Å². The third kappa shape index (κ3) is 4.20. The fourth-order valence-electron chi connectivity index (χ4n) is 2.63. The molecule has 0 aliphatic heterocycles. The number of nitrogens with zero attached hydrogens (tertiary/aromatic N) is 1. The van der Waals surface area contributed by atoms with Gasteiger partial charge in [-0.1, -0.05) is 30.3 Å². The second-order valence-corrected chi connectivity index (χ2v) is 7.94. The van der Waals surface area contributed by atoms with Crippen LogP contribution in [0.4, 0.5) is 5.69 Å². The van der Waals surface area contributed by atoms with Crippen LogP contribution in [-0.2, 0) is 14.8 Å². The quantitative estimate of drug-likeness (QED) is 0.673. The molecule has 0 amide bonds. The van der Waals surface area contributed by atoms with Crippen LogP contribution in [0.1, 0.15) is 6.42 Å². The van der Waals surface area contributed by atoms with Gasteiger partial charge in [0.2, 0.25) is 0 Å². The maximum Gasteiger partial charge on any atom is 0.306 e. The maximum atomic E-state index is 12.9. The lowest BCUT2D eigenvalue weighted by atomic mass is 10.1. The van der Waals surface area contributed by atoms with Gasteiger partial charge in [0.15, 0.2) is 0 Å². The van der Waals surface area contributed by atoms with Gasteiger partial charge in [0, 0.05) is 7.05 Å². The van der Waals surface area contributed by atoms with Crippen LogP contribution in [-0.4, -0.2) is 33.1 Å². The van der Waals surface area contributed by atoms with E-state index >= 15 is 0 Å². The van der Waals surface area contributed by atoms with E-state index in [0.717, 1.165) is 10.8 Å². The third-order valence-corrected chi connectivity index (χ3v) is 5.95. The highest BCUT2D eigenvalue weighted by Crippen LogP contribution is 2.26. The highest BCUT2D eigenvalue weighted by molar-refractivity contribution is 7.92. The van der Waals surface area contributed by atoms with E-state index in [4.69, 9.17) is 9.84 Å². The number of carbonyl (C=O) groups is 1. The minimum Gasteiger partial charge on any atom is -0.493 e. The fourth-order valence-corrected chi connectivity index (χ4v) is 3.86. The molecule has 0 saturated carbocycles. The Labute approximate surface area is 157 Å². The Balaban J connectivity index is 1.80. The molecule has 0 fully saturated rings. The molecule has 0 aliphatic rings. The SMILES string of the molecule is CN(c1ccc(OCCC(=O)O)cc1)S(=O)(=O)c1ccc2ccccc2c1. The van der Waals surface area contributed by atoms with Crippen molar-refractivity contribution in [3.05, 3.63) is 66.7 Å². The first-order valence-corrected chi connectivity index (χ1v) is 9.74.